The fourth-order valence-corrected chi connectivity index (χ4v) is 9.07. The van der Waals surface area contributed by atoms with E-state index in [1.54, 1.807) is 25.1 Å². The van der Waals surface area contributed by atoms with Crippen LogP contribution in [-0.2, 0) is 36.8 Å². The molecular weight excluding hydrogens is 955 g/mol. The van der Waals surface area contributed by atoms with Gasteiger partial charge in [0.15, 0.2) is 16.6 Å². The van der Waals surface area contributed by atoms with Crippen molar-refractivity contribution in [3.05, 3.63) is 138 Å². The number of nitrogens with zero attached hydrogens (tertiary/aromatic N) is 7. The molecule has 6 aromatic carbocycles. The molecule has 2 N–H and O–H groups in total. The molecule has 2 heterocycles. The van der Waals surface area contributed by atoms with E-state index in [2.05, 4.69) is 48.2 Å². The fourth-order valence-electron chi connectivity index (χ4n) is 6.69. The number of anilines is 4. The summed E-state index contributed by atoms with van der Waals surface area (Å²) in [6.45, 7) is 3.45. The van der Waals surface area contributed by atoms with E-state index >= 15 is 0 Å². The number of hydrogen-bond acceptors (Lipinski definition) is 19. The minimum absolute atomic E-state index is 0. The summed E-state index contributed by atoms with van der Waals surface area (Å²) in [7, 11) is -14.4. The quantitative estimate of drug-likeness (QED) is 0.0553. The number of pyridine rings is 1. The minimum atomic E-state index is -4.94. The zero-order valence-corrected chi connectivity index (χ0v) is 41.4. The number of fused-ring (bicyclic) bond motifs is 2. The van der Waals surface area contributed by atoms with Crippen molar-refractivity contribution in [2.45, 2.75) is 35.0 Å². The fraction of sp³-hybridized carbons (Fsp3) is 0.0682. The molecule has 2 aromatic heterocycles. The number of aromatic nitrogens is 2. The molecule has 332 valence electrons. The molecule has 0 radical (unpaired) electrons. The third-order valence-corrected chi connectivity index (χ3v) is 13.4. The van der Waals surface area contributed by atoms with Gasteiger partial charge in [-0.15, -0.1) is 50.6 Å². The van der Waals surface area contributed by atoms with Crippen LogP contribution in [0.15, 0.2) is 150 Å². The molecule has 0 aliphatic heterocycles. The van der Waals surface area contributed by atoms with Gasteiger partial charge in [-0.3, -0.25) is 0 Å². The van der Waals surface area contributed by atoms with Crippen molar-refractivity contribution in [3.8, 4) is 17.3 Å². The Morgan fingerprint density at radius 2 is 1.29 bits per heavy atom. The van der Waals surface area contributed by atoms with Crippen LogP contribution in [0.2, 0.25) is 0 Å². The predicted octanol–water partition coefficient (Wildman–Crippen LogP) is -1.90. The van der Waals surface area contributed by atoms with Crippen molar-refractivity contribution in [2.75, 3.05) is 10.6 Å². The Bertz CT molecular complexity index is 3710. The maximum atomic E-state index is 12.4. The average Bonchev–Trinajstić information content (AvgIpc) is 3.70. The van der Waals surface area contributed by atoms with Gasteiger partial charge in [0, 0.05) is 33.1 Å². The maximum Gasteiger partial charge on any atom is 1.00 e. The molecule has 0 bridgehead atoms. The third-order valence-electron chi connectivity index (χ3n) is 10.00. The molecule has 0 amide bonds. The number of benzene rings is 6. The topological polar surface area (TPSA) is 295 Å². The second-order valence-corrected chi connectivity index (χ2v) is 19.4. The van der Waals surface area contributed by atoms with E-state index in [-0.39, 0.29) is 136 Å². The van der Waals surface area contributed by atoms with E-state index in [0.29, 0.717) is 23.1 Å². The van der Waals surface area contributed by atoms with Crippen molar-refractivity contribution in [3.63, 3.8) is 0 Å². The van der Waals surface area contributed by atoms with Gasteiger partial charge >= 0.3 is 75.4 Å². The Morgan fingerprint density at radius 3 is 1.86 bits per heavy atom. The van der Waals surface area contributed by atoms with Gasteiger partial charge in [0.05, 0.1) is 15.4 Å². The first-order valence-corrected chi connectivity index (χ1v) is 24.3. The molecule has 70 heavy (non-hydrogen) atoms. The summed E-state index contributed by atoms with van der Waals surface area (Å²) in [6, 6.07) is 34.0. The van der Waals surface area contributed by atoms with Gasteiger partial charge in [0.25, 0.3) is 0 Å². The Morgan fingerprint density at radius 1 is 0.686 bits per heavy atom. The standard InChI is InChI=1S/C44H32N9O9S4.4Li/c1-3-26-8-9-29-22-33(23-38(36(29)20-26)66(60,61)62)50-52-43-40(30-11-10-27-6-4-5-7-28(27)21-30)48-44(63-43)53-51-39-25(2)37(24-45)41(46-31-12-16-34(17-13-31)64(54,55)56)49-42(39)47-32-14-18-35(19-15-32)65(57,58)59;;;;/h4-8,10-23H,3H2,1-2H3,(H2,46,47,49)(H,54,55,56)(H,57,58,59)(H,60,61,62);;;;/q-1;4*+1/p-3. The molecule has 0 saturated carbocycles. The number of thiazole rings is 1. The first-order valence-electron chi connectivity index (χ1n) is 19.3. The van der Waals surface area contributed by atoms with Crippen LogP contribution < -0.4 is 86.1 Å². The van der Waals surface area contributed by atoms with Crippen LogP contribution in [0.5, 0.6) is 0 Å². The van der Waals surface area contributed by atoms with Crippen molar-refractivity contribution < 1.29 is 114 Å². The molecule has 26 heteroatoms. The molecule has 0 aliphatic carbocycles. The van der Waals surface area contributed by atoms with Gasteiger partial charge in [-0.05, 0) is 78.4 Å². The van der Waals surface area contributed by atoms with Crippen LogP contribution in [0.25, 0.3) is 32.8 Å². The SMILES string of the molecule is CCc1c[c-]c2cc(N=Nc3sc(N=Nc4c(Nc5ccc(S(=O)(=O)[O-])cc5)nc(Nc5ccc(S(=O)(=O)[O-])cc5)c(C#N)c4C)nc3-c3ccc4ccccc4c3)cc(S(=O)(=O)[O-])c2c1.[Li+].[Li+].[Li+].[Li+]. The van der Waals surface area contributed by atoms with Crippen molar-refractivity contribution >= 4 is 108 Å². The third kappa shape index (κ3) is 13.1. The largest absolute Gasteiger partial charge is 1.00 e. The van der Waals surface area contributed by atoms with Crippen molar-refractivity contribution in [2.24, 2.45) is 20.5 Å². The van der Waals surface area contributed by atoms with E-state index in [4.69, 9.17) is 4.98 Å². The van der Waals surface area contributed by atoms with Gasteiger partial charge in [-0.25, -0.2) is 35.2 Å². The summed E-state index contributed by atoms with van der Waals surface area (Å²) >= 11 is 0.964. The molecule has 0 saturated heterocycles. The van der Waals surface area contributed by atoms with Crippen LogP contribution >= 0.6 is 11.3 Å². The molecule has 0 aliphatic rings. The molecule has 8 rings (SSSR count). The van der Waals surface area contributed by atoms with Gasteiger partial charge < -0.3 is 24.3 Å². The molecule has 8 aromatic rings. The zero-order valence-electron chi connectivity index (χ0n) is 38.1. The Labute approximate surface area is 454 Å². The van der Waals surface area contributed by atoms with Crippen LogP contribution in [0.4, 0.5) is 44.5 Å². The van der Waals surface area contributed by atoms with Gasteiger partial charge in [-0.1, -0.05) is 66.5 Å². The van der Waals surface area contributed by atoms with Gasteiger partial charge in [0.1, 0.15) is 47.8 Å². The number of nitrogens with one attached hydrogen (secondary N) is 2. The average molecular weight is 984 g/mol. The molecule has 0 fully saturated rings. The first-order chi connectivity index (χ1) is 31.4. The van der Waals surface area contributed by atoms with Gasteiger partial charge in [0.2, 0.25) is 5.13 Å². The zero-order chi connectivity index (χ0) is 47.0. The Kier molecular flexibility index (Phi) is 19.3. The first kappa shape index (κ1) is 57.6. The van der Waals surface area contributed by atoms with E-state index in [0.717, 1.165) is 58.0 Å². The molecule has 0 atom stereocenters. The summed E-state index contributed by atoms with van der Waals surface area (Å²) in [5.74, 6) is -0.0303. The van der Waals surface area contributed by atoms with Crippen LogP contribution in [-0.4, -0.2) is 48.9 Å². The number of aryl methyl sites for hydroxylation is 1. The maximum absolute atomic E-state index is 12.4. The van der Waals surface area contributed by atoms with Gasteiger partial charge in [-0.2, -0.15) is 10.4 Å². The monoisotopic (exact) mass is 983 g/mol. The van der Waals surface area contributed by atoms with Crippen LogP contribution in [0.1, 0.15) is 23.6 Å². The summed E-state index contributed by atoms with van der Waals surface area (Å²) in [5, 5.41) is 36.7. The molecular formula is C44H29Li4N9O9S4. The number of rotatable bonds is 13. The summed E-state index contributed by atoms with van der Waals surface area (Å²) in [6.07, 6.45) is 0.591. The summed E-state index contributed by atoms with van der Waals surface area (Å²) in [5.41, 5.74) is 2.58. The summed E-state index contributed by atoms with van der Waals surface area (Å²) < 4.78 is 107. The molecule has 18 nitrogen and oxygen atoms in total. The van der Waals surface area contributed by atoms with Crippen LogP contribution in [0.3, 0.4) is 0 Å². The van der Waals surface area contributed by atoms with E-state index in [1.165, 1.54) is 24.3 Å². The second-order valence-electron chi connectivity index (χ2n) is 14.3. The van der Waals surface area contributed by atoms with Crippen molar-refractivity contribution in [1.82, 2.24) is 9.97 Å². The van der Waals surface area contributed by atoms with E-state index in [9.17, 15) is 44.2 Å². The Balaban J connectivity index is 0.00000266. The number of nitriles is 1. The molecule has 0 unspecified atom stereocenters. The smallest absolute Gasteiger partial charge is 0.745 e. The van der Waals surface area contributed by atoms with Crippen molar-refractivity contribution in [1.29, 1.82) is 5.26 Å². The normalized spacial score (nSPS) is 11.6. The number of hydrogen-bond donors (Lipinski definition) is 2. The minimum Gasteiger partial charge on any atom is -0.745 e. The second kappa shape index (κ2) is 23.5. The Hall–Kier alpha value is -4.97. The van der Waals surface area contributed by atoms with E-state index in [1.807, 2.05) is 49.4 Å². The number of azo groups is 2. The predicted molar refractivity (Wildman–Crippen MR) is 243 cm³/mol. The molecule has 0 spiro atoms. The summed E-state index contributed by atoms with van der Waals surface area (Å²) in [4.78, 5) is 7.90. The van der Waals surface area contributed by atoms with Crippen LogP contribution in [0, 0.1) is 24.3 Å². The van der Waals surface area contributed by atoms with E-state index < -0.39 is 45.0 Å².